The summed E-state index contributed by atoms with van der Waals surface area (Å²) in [6, 6.07) is 26.3. The van der Waals surface area contributed by atoms with E-state index in [4.69, 9.17) is 4.74 Å². The normalized spacial score (nSPS) is 11.2. The van der Waals surface area contributed by atoms with E-state index in [0.29, 0.717) is 21.8 Å². The first-order valence-corrected chi connectivity index (χ1v) is 12.8. The summed E-state index contributed by atoms with van der Waals surface area (Å²) in [4.78, 5) is 40.5. The molecule has 0 saturated carbocycles. The van der Waals surface area contributed by atoms with Crippen molar-refractivity contribution >= 4 is 47.1 Å². The fourth-order valence-corrected chi connectivity index (χ4v) is 4.01. The molecule has 0 unspecified atom stereocenters. The average molecular weight is 539 g/mol. The molecule has 4 rings (SSSR count). The molecule has 2 N–H and O–H groups in total. The summed E-state index contributed by atoms with van der Waals surface area (Å²) in [5, 5.41) is 8.51. The van der Waals surface area contributed by atoms with Crippen LogP contribution in [0.1, 0.15) is 31.2 Å². The van der Waals surface area contributed by atoms with E-state index in [1.165, 1.54) is 17.6 Å². The van der Waals surface area contributed by atoms with E-state index in [2.05, 4.69) is 15.8 Å². The van der Waals surface area contributed by atoms with Gasteiger partial charge in [-0.05, 0) is 65.0 Å². The van der Waals surface area contributed by atoms with E-state index in [-0.39, 0.29) is 5.70 Å². The fraction of sp³-hybridized carbons (Fsp3) is 0.0667. The van der Waals surface area contributed by atoms with Crippen molar-refractivity contribution in [3.05, 3.63) is 124 Å². The molecule has 1 aromatic heterocycles. The molecule has 196 valence electrons. The number of carbonyl (C=O) groups excluding carboxylic acids is 3. The number of nitrogens with one attached hydrogen (secondary N) is 2. The van der Waals surface area contributed by atoms with Crippen molar-refractivity contribution in [2.45, 2.75) is 0 Å². The Morgan fingerprint density at radius 3 is 2.33 bits per heavy atom. The van der Waals surface area contributed by atoms with Gasteiger partial charge in [-0.3, -0.25) is 9.59 Å². The van der Waals surface area contributed by atoms with Crippen molar-refractivity contribution < 1.29 is 19.1 Å². The van der Waals surface area contributed by atoms with E-state index in [1.807, 2.05) is 43.3 Å². The standard InChI is InChI=1S/C30H26N4O4S/c1-34(2)24-15-13-21(14-16-24)19-26(32-28(35)23-9-4-3-5-10-23)29(36)33-31-20-22-8-6-11-25(18-22)38-30(37)27-12-7-17-39-27/h3-20H,1-2H3,(H,32,35)(H,33,36). The highest BCUT2D eigenvalue weighted by molar-refractivity contribution is 7.12. The number of benzene rings is 3. The lowest BCUT2D eigenvalue weighted by atomic mass is 10.1. The van der Waals surface area contributed by atoms with Gasteiger partial charge < -0.3 is 15.0 Å². The molecule has 0 bridgehead atoms. The minimum absolute atomic E-state index is 0.0252. The molecule has 8 nitrogen and oxygen atoms in total. The first-order chi connectivity index (χ1) is 18.9. The maximum atomic E-state index is 13.0. The Morgan fingerprint density at radius 1 is 0.872 bits per heavy atom. The van der Waals surface area contributed by atoms with Gasteiger partial charge in [0, 0.05) is 25.3 Å². The van der Waals surface area contributed by atoms with Crippen LogP contribution in [-0.2, 0) is 4.79 Å². The molecule has 0 aliphatic rings. The number of rotatable bonds is 9. The van der Waals surface area contributed by atoms with Gasteiger partial charge in [0.2, 0.25) is 0 Å². The number of thiophene rings is 1. The summed E-state index contributed by atoms with van der Waals surface area (Å²) in [7, 11) is 3.87. The van der Waals surface area contributed by atoms with E-state index < -0.39 is 17.8 Å². The van der Waals surface area contributed by atoms with Crippen LogP contribution in [-0.4, -0.2) is 38.1 Å². The summed E-state index contributed by atoms with van der Waals surface area (Å²) in [6.07, 6.45) is 3.00. The Labute approximate surface area is 230 Å². The largest absolute Gasteiger partial charge is 0.422 e. The molecular weight excluding hydrogens is 512 g/mol. The molecule has 4 aromatic rings. The lowest BCUT2D eigenvalue weighted by molar-refractivity contribution is -0.117. The zero-order chi connectivity index (χ0) is 27.6. The molecule has 0 radical (unpaired) electrons. The second kappa shape index (κ2) is 13.0. The van der Waals surface area contributed by atoms with Crippen molar-refractivity contribution in [3.63, 3.8) is 0 Å². The second-order valence-electron chi connectivity index (χ2n) is 8.50. The highest BCUT2D eigenvalue weighted by Gasteiger charge is 2.14. The van der Waals surface area contributed by atoms with Gasteiger partial charge in [0.25, 0.3) is 11.8 Å². The number of hydrogen-bond donors (Lipinski definition) is 2. The van der Waals surface area contributed by atoms with Gasteiger partial charge in [0.05, 0.1) is 6.21 Å². The molecule has 3 aromatic carbocycles. The van der Waals surface area contributed by atoms with E-state index in [0.717, 1.165) is 11.3 Å². The van der Waals surface area contributed by atoms with Crippen LogP contribution in [0.2, 0.25) is 0 Å². The van der Waals surface area contributed by atoms with Crippen molar-refractivity contribution in [1.29, 1.82) is 0 Å². The molecule has 0 atom stereocenters. The molecule has 0 saturated heterocycles. The summed E-state index contributed by atoms with van der Waals surface area (Å²) in [5.41, 5.74) is 5.22. The van der Waals surface area contributed by atoms with E-state index in [1.54, 1.807) is 78.2 Å². The summed E-state index contributed by atoms with van der Waals surface area (Å²) in [6.45, 7) is 0. The second-order valence-corrected chi connectivity index (χ2v) is 9.45. The predicted octanol–water partition coefficient (Wildman–Crippen LogP) is 4.95. The van der Waals surface area contributed by atoms with Crippen LogP contribution in [0.3, 0.4) is 0 Å². The molecule has 0 aliphatic carbocycles. The van der Waals surface area contributed by atoms with Crippen molar-refractivity contribution in [2.75, 3.05) is 19.0 Å². The van der Waals surface area contributed by atoms with Crippen LogP contribution >= 0.6 is 11.3 Å². The van der Waals surface area contributed by atoms with Gasteiger partial charge in [-0.2, -0.15) is 5.10 Å². The maximum Gasteiger partial charge on any atom is 0.353 e. The Morgan fingerprint density at radius 2 is 1.64 bits per heavy atom. The van der Waals surface area contributed by atoms with Crippen molar-refractivity contribution in [3.8, 4) is 5.75 Å². The van der Waals surface area contributed by atoms with Gasteiger partial charge >= 0.3 is 5.97 Å². The zero-order valence-electron chi connectivity index (χ0n) is 21.3. The lowest BCUT2D eigenvalue weighted by Gasteiger charge is -2.12. The molecule has 0 fully saturated rings. The highest BCUT2D eigenvalue weighted by atomic mass is 32.1. The molecule has 0 spiro atoms. The average Bonchev–Trinajstić information content (AvgIpc) is 3.49. The molecule has 9 heteroatoms. The molecule has 39 heavy (non-hydrogen) atoms. The number of esters is 1. The number of ether oxygens (including phenoxy) is 1. The Bertz CT molecular complexity index is 1500. The zero-order valence-corrected chi connectivity index (χ0v) is 22.1. The topological polar surface area (TPSA) is 100 Å². The Kier molecular flexibility index (Phi) is 8.99. The van der Waals surface area contributed by atoms with Gasteiger partial charge in [0.1, 0.15) is 16.3 Å². The highest BCUT2D eigenvalue weighted by Crippen LogP contribution is 2.17. The fourth-order valence-electron chi connectivity index (χ4n) is 3.41. The van der Waals surface area contributed by atoms with Gasteiger partial charge in [-0.15, -0.1) is 11.3 Å². The minimum Gasteiger partial charge on any atom is -0.422 e. The van der Waals surface area contributed by atoms with Crippen LogP contribution in [0.4, 0.5) is 5.69 Å². The van der Waals surface area contributed by atoms with Crippen molar-refractivity contribution in [1.82, 2.24) is 10.7 Å². The quantitative estimate of drug-likeness (QED) is 0.103. The summed E-state index contributed by atoms with van der Waals surface area (Å²) >= 11 is 1.29. The minimum atomic E-state index is -0.604. The first kappa shape index (κ1) is 27.0. The van der Waals surface area contributed by atoms with Crippen LogP contribution in [0.5, 0.6) is 5.75 Å². The summed E-state index contributed by atoms with van der Waals surface area (Å²) in [5.74, 6) is -1.13. The SMILES string of the molecule is CN(C)c1ccc(C=C(NC(=O)c2ccccc2)C(=O)NN=Cc2cccc(OC(=O)c3cccs3)c2)cc1. The number of anilines is 1. The number of nitrogens with zero attached hydrogens (tertiary/aromatic N) is 2. The Hall–Kier alpha value is -5.02. The number of hydrogen-bond acceptors (Lipinski definition) is 7. The van der Waals surface area contributed by atoms with Crippen LogP contribution in [0.25, 0.3) is 6.08 Å². The molecular formula is C30H26N4O4S. The van der Waals surface area contributed by atoms with E-state index in [9.17, 15) is 14.4 Å². The monoisotopic (exact) mass is 538 g/mol. The molecule has 0 aliphatic heterocycles. The predicted molar refractivity (Wildman–Crippen MR) is 154 cm³/mol. The summed E-state index contributed by atoms with van der Waals surface area (Å²) < 4.78 is 5.40. The van der Waals surface area contributed by atoms with E-state index >= 15 is 0 Å². The smallest absolute Gasteiger partial charge is 0.353 e. The lowest BCUT2D eigenvalue weighted by Crippen LogP contribution is -2.32. The van der Waals surface area contributed by atoms with Crippen LogP contribution in [0.15, 0.2) is 107 Å². The Balaban J connectivity index is 1.48. The first-order valence-electron chi connectivity index (χ1n) is 11.9. The number of hydrazone groups is 1. The maximum absolute atomic E-state index is 13.0. The van der Waals surface area contributed by atoms with Crippen LogP contribution in [0, 0.1) is 0 Å². The molecule has 2 amide bonds. The molecule has 1 heterocycles. The van der Waals surface area contributed by atoms with Crippen molar-refractivity contribution in [2.24, 2.45) is 5.10 Å². The third kappa shape index (κ3) is 7.73. The van der Waals surface area contributed by atoms with Gasteiger partial charge in [-0.25, -0.2) is 10.2 Å². The number of amides is 2. The number of carbonyl (C=O) groups is 3. The van der Waals surface area contributed by atoms with Gasteiger partial charge in [0.15, 0.2) is 0 Å². The van der Waals surface area contributed by atoms with Crippen LogP contribution < -0.4 is 20.4 Å². The third-order valence-electron chi connectivity index (χ3n) is 5.42. The van der Waals surface area contributed by atoms with Gasteiger partial charge in [-0.1, -0.05) is 48.5 Å². The third-order valence-corrected chi connectivity index (χ3v) is 6.27.